The minimum absolute atomic E-state index is 0.380. The number of rotatable bonds is 7. The van der Waals surface area contributed by atoms with Gasteiger partial charge in [0.1, 0.15) is 0 Å². The summed E-state index contributed by atoms with van der Waals surface area (Å²) < 4.78 is 6.24. The predicted octanol–water partition coefficient (Wildman–Crippen LogP) is 4.39. The Labute approximate surface area is 120 Å². The molecule has 2 heteroatoms. The summed E-state index contributed by atoms with van der Waals surface area (Å²) in [7, 11) is 0. The van der Waals surface area contributed by atoms with Crippen molar-refractivity contribution in [3.05, 3.63) is 0 Å². The summed E-state index contributed by atoms with van der Waals surface area (Å²) in [5.74, 6) is 0.874. The van der Waals surface area contributed by atoms with Gasteiger partial charge in [-0.15, -0.1) is 0 Å². The van der Waals surface area contributed by atoms with Crippen molar-refractivity contribution in [2.45, 2.75) is 85.3 Å². The third kappa shape index (κ3) is 6.76. The lowest BCUT2D eigenvalue weighted by Gasteiger charge is -2.37. The van der Waals surface area contributed by atoms with Gasteiger partial charge in [0.15, 0.2) is 0 Å². The summed E-state index contributed by atoms with van der Waals surface area (Å²) in [5, 5.41) is 3.69. The van der Waals surface area contributed by atoms with E-state index in [1.54, 1.807) is 0 Å². The van der Waals surface area contributed by atoms with Gasteiger partial charge in [0.05, 0.1) is 6.10 Å². The predicted molar refractivity (Wildman–Crippen MR) is 83.5 cm³/mol. The topological polar surface area (TPSA) is 21.3 Å². The molecule has 0 heterocycles. The van der Waals surface area contributed by atoms with Gasteiger partial charge in [0.25, 0.3) is 0 Å². The third-order valence-electron chi connectivity index (χ3n) is 4.32. The molecule has 3 unspecified atom stereocenters. The van der Waals surface area contributed by atoms with Crippen LogP contribution in [0.4, 0.5) is 0 Å². The molecule has 0 radical (unpaired) electrons. The van der Waals surface area contributed by atoms with Gasteiger partial charge in [0.2, 0.25) is 0 Å². The molecular formula is C17H35NO. The van der Waals surface area contributed by atoms with Gasteiger partial charge >= 0.3 is 0 Å². The highest BCUT2D eigenvalue weighted by molar-refractivity contribution is 4.85. The zero-order valence-corrected chi connectivity index (χ0v) is 13.8. The molecule has 2 nitrogen and oxygen atoms in total. The smallest absolute Gasteiger partial charge is 0.0730 e. The van der Waals surface area contributed by atoms with E-state index in [4.69, 9.17) is 4.74 Å². The van der Waals surface area contributed by atoms with Crippen LogP contribution in [0.5, 0.6) is 0 Å². The Morgan fingerprint density at radius 1 is 1.16 bits per heavy atom. The quantitative estimate of drug-likeness (QED) is 0.740. The summed E-state index contributed by atoms with van der Waals surface area (Å²) in [6.45, 7) is 13.5. The van der Waals surface area contributed by atoms with Crippen molar-refractivity contribution in [1.29, 1.82) is 0 Å². The molecule has 1 aliphatic carbocycles. The maximum Gasteiger partial charge on any atom is 0.0730 e. The highest BCUT2D eigenvalue weighted by atomic mass is 16.5. The van der Waals surface area contributed by atoms with E-state index in [2.05, 4.69) is 39.9 Å². The standard InChI is InChI=1S/C17H35NO/c1-6-11-18-15-9-8-14(7-2)13-16(15)19-12-10-17(3,4)5/h14-16,18H,6-13H2,1-5H3. The van der Waals surface area contributed by atoms with Crippen LogP contribution in [0.25, 0.3) is 0 Å². The molecule has 0 saturated heterocycles. The van der Waals surface area contributed by atoms with Crippen LogP contribution in [0.3, 0.4) is 0 Å². The average Bonchev–Trinajstić information content (AvgIpc) is 2.35. The fraction of sp³-hybridized carbons (Fsp3) is 1.00. The van der Waals surface area contributed by atoms with Gasteiger partial charge in [-0.25, -0.2) is 0 Å². The van der Waals surface area contributed by atoms with Crippen LogP contribution in [0, 0.1) is 11.3 Å². The van der Waals surface area contributed by atoms with Crippen LogP contribution in [-0.4, -0.2) is 25.3 Å². The van der Waals surface area contributed by atoms with Crippen molar-refractivity contribution >= 4 is 0 Å². The van der Waals surface area contributed by atoms with Crippen LogP contribution in [0.2, 0.25) is 0 Å². The van der Waals surface area contributed by atoms with Crippen molar-refractivity contribution in [1.82, 2.24) is 5.32 Å². The van der Waals surface area contributed by atoms with Gasteiger partial charge in [-0.1, -0.05) is 41.0 Å². The Balaban J connectivity index is 2.41. The van der Waals surface area contributed by atoms with E-state index in [1.165, 1.54) is 32.1 Å². The minimum atomic E-state index is 0.380. The number of nitrogens with one attached hydrogen (secondary N) is 1. The first-order valence-electron chi connectivity index (χ1n) is 8.31. The van der Waals surface area contributed by atoms with Gasteiger partial charge in [-0.3, -0.25) is 0 Å². The number of hydrogen-bond donors (Lipinski definition) is 1. The van der Waals surface area contributed by atoms with E-state index < -0.39 is 0 Å². The maximum absolute atomic E-state index is 6.24. The highest BCUT2D eigenvalue weighted by Crippen LogP contribution is 2.29. The lowest BCUT2D eigenvalue weighted by atomic mass is 9.82. The van der Waals surface area contributed by atoms with E-state index in [1.807, 2.05) is 0 Å². The summed E-state index contributed by atoms with van der Waals surface area (Å²) in [4.78, 5) is 0. The Morgan fingerprint density at radius 2 is 1.89 bits per heavy atom. The van der Waals surface area contributed by atoms with Crippen molar-refractivity contribution in [2.75, 3.05) is 13.2 Å². The van der Waals surface area contributed by atoms with Gasteiger partial charge in [-0.2, -0.15) is 0 Å². The Bertz CT molecular complexity index is 234. The van der Waals surface area contributed by atoms with Crippen molar-refractivity contribution in [3.8, 4) is 0 Å². The SMILES string of the molecule is CCCNC1CCC(CC)CC1OCCC(C)(C)C. The molecule has 1 fully saturated rings. The summed E-state index contributed by atoms with van der Waals surface area (Å²) in [6.07, 6.45) is 8.02. The Kier molecular flexibility index (Phi) is 7.38. The second-order valence-corrected chi connectivity index (χ2v) is 7.37. The van der Waals surface area contributed by atoms with Crippen LogP contribution in [0.1, 0.15) is 73.1 Å². The monoisotopic (exact) mass is 269 g/mol. The van der Waals surface area contributed by atoms with E-state index in [0.29, 0.717) is 17.6 Å². The maximum atomic E-state index is 6.24. The molecule has 1 rings (SSSR count). The largest absolute Gasteiger partial charge is 0.377 e. The van der Waals surface area contributed by atoms with Crippen molar-refractivity contribution in [2.24, 2.45) is 11.3 Å². The first-order valence-corrected chi connectivity index (χ1v) is 8.31. The average molecular weight is 269 g/mol. The lowest BCUT2D eigenvalue weighted by molar-refractivity contribution is -0.0192. The molecule has 0 bridgehead atoms. The third-order valence-corrected chi connectivity index (χ3v) is 4.32. The fourth-order valence-corrected chi connectivity index (χ4v) is 2.85. The molecule has 1 N–H and O–H groups in total. The van der Waals surface area contributed by atoms with Crippen LogP contribution >= 0.6 is 0 Å². The molecule has 1 saturated carbocycles. The Hall–Kier alpha value is -0.0800. The molecule has 0 spiro atoms. The van der Waals surface area contributed by atoms with Crippen LogP contribution in [0.15, 0.2) is 0 Å². The fourth-order valence-electron chi connectivity index (χ4n) is 2.85. The first kappa shape index (κ1) is 17.0. The first-order chi connectivity index (χ1) is 8.96. The molecule has 0 aromatic heterocycles. The van der Waals surface area contributed by atoms with Crippen LogP contribution < -0.4 is 5.32 Å². The minimum Gasteiger partial charge on any atom is -0.377 e. The summed E-state index contributed by atoms with van der Waals surface area (Å²) in [6, 6.07) is 0.586. The molecule has 0 amide bonds. The van der Waals surface area contributed by atoms with E-state index >= 15 is 0 Å². The highest BCUT2D eigenvalue weighted by Gasteiger charge is 2.30. The number of ether oxygens (including phenoxy) is 1. The Morgan fingerprint density at radius 3 is 2.47 bits per heavy atom. The molecule has 0 aliphatic heterocycles. The van der Waals surface area contributed by atoms with E-state index in [-0.39, 0.29) is 0 Å². The van der Waals surface area contributed by atoms with E-state index in [0.717, 1.165) is 25.5 Å². The second-order valence-electron chi connectivity index (χ2n) is 7.37. The molecule has 114 valence electrons. The van der Waals surface area contributed by atoms with Gasteiger partial charge in [0, 0.05) is 12.6 Å². The molecule has 19 heavy (non-hydrogen) atoms. The lowest BCUT2D eigenvalue weighted by Crippen LogP contribution is -2.46. The van der Waals surface area contributed by atoms with Gasteiger partial charge in [-0.05, 0) is 50.0 Å². The molecule has 0 aromatic rings. The number of hydrogen-bond acceptors (Lipinski definition) is 2. The van der Waals surface area contributed by atoms with E-state index in [9.17, 15) is 0 Å². The molecule has 0 aromatic carbocycles. The summed E-state index contributed by atoms with van der Waals surface area (Å²) >= 11 is 0. The normalized spacial score (nSPS) is 28.6. The van der Waals surface area contributed by atoms with Crippen molar-refractivity contribution < 1.29 is 4.74 Å². The zero-order chi connectivity index (χ0) is 14.3. The second kappa shape index (κ2) is 8.26. The van der Waals surface area contributed by atoms with Gasteiger partial charge < -0.3 is 10.1 Å². The van der Waals surface area contributed by atoms with Crippen molar-refractivity contribution in [3.63, 3.8) is 0 Å². The summed E-state index contributed by atoms with van der Waals surface area (Å²) in [5.41, 5.74) is 0.380. The molecular weight excluding hydrogens is 234 g/mol. The van der Waals surface area contributed by atoms with Crippen LogP contribution in [-0.2, 0) is 4.74 Å². The zero-order valence-electron chi connectivity index (χ0n) is 13.8. The molecule has 1 aliphatic rings. The molecule has 3 atom stereocenters.